The zero-order chi connectivity index (χ0) is 14.7. The molecular weight excluding hydrogens is 286 g/mol. The molecule has 3 rings (SSSR count). The van der Waals surface area contributed by atoms with E-state index in [9.17, 15) is 4.79 Å². The molecule has 0 aliphatic heterocycles. The van der Waals surface area contributed by atoms with E-state index in [1.807, 2.05) is 36.6 Å². The second kappa shape index (κ2) is 6.01. The number of rotatable bonds is 5. The highest BCUT2D eigenvalue weighted by molar-refractivity contribution is 7.09. The zero-order valence-electron chi connectivity index (χ0n) is 11.6. The van der Waals surface area contributed by atoms with E-state index in [0.29, 0.717) is 0 Å². The lowest BCUT2D eigenvalue weighted by molar-refractivity contribution is -0.122. The fourth-order valence-electron chi connectivity index (χ4n) is 2.09. The molecule has 0 bridgehead atoms. The summed E-state index contributed by atoms with van der Waals surface area (Å²) in [4.78, 5) is 17.8. The van der Waals surface area contributed by atoms with Gasteiger partial charge in [-0.2, -0.15) is 15.0 Å². The standard InChI is InChI=1S/C14H15N5OS/c1-2-10(14-15-7-8-21-14)16-13(20)9-19-17-11-5-3-4-6-12(11)18-19/h3-8,10H,2,9H2,1H3,(H,16,20). The summed E-state index contributed by atoms with van der Waals surface area (Å²) < 4.78 is 0. The van der Waals surface area contributed by atoms with Crippen molar-refractivity contribution in [2.75, 3.05) is 0 Å². The highest BCUT2D eigenvalue weighted by Crippen LogP contribution is 2.18. The van der Waals surface area contributed by atoms with Gasteiger partial charge in [-0.05, 0) is 18.6 Å². The average molecular weight is 301 g/mol. The SMILES string of the molecule is CCC(NC(=O)Cn1nc2ccccc2n1)c1nccs1. The molecule has 21 heavy (non-hydrogen) atoms. The van der Waals surface area contributed by atoms with Gasteiger partial charge in [0.05, 0.1) is 6.04 Å². The Kier molecular flexibility index (Phi) is 3.92. The van der Waals surface area contributed by atoms with Crippen molar-refractivity contribution in [3.05, 3.63) is 40.8 Å². The van der Waals surface area contributed by atoms with Crippen LogP contribution >= 0.6 is 11.3 Å². The first-order valence-corrected chi connectivity index (χ1v) is 7.63. The first kappa shape index (κ1) is 13.7. The molecule has 0 spiro atoms. The lowest BCUT2D eigenvalue weighted by Crippen LogP contribution is -2.31. The van der Waals surface area contributed by atoms with Crippen LogP contribution < -0.4 is 5.32 Å². The summed E-state index contributed by atoms with van der Waals surface area (Å²) in [5.41, 5.74) is 1.58. The smallest absolute Gasteiger partial charge is 0.244 e. The fourth-order valence-corrected chi connectivity index (χ4v) is 2.86. The minimum atomic E-state index is -0.114. The minimum Gasteiger partial charge on any atom is -0.345 e. The second-order valence-corrected chi connectivity index (χ2v) is 5.54. The highest BCUT2D eigenvalue weighted by Gasteiger charge is 2.16. The van der Waals surface area contributed by atoms with E-state index in [0.717, 1.165) is 22.5 Å². The Hall–Kier alpha value is -2.28. The van der Waals surface area contributed by atoms with Crippen molar-refractivity contribution >= 4 is 28.3 Å². The number of nitrogens with one attached hydrogen (secondary N) is 1. The molecule has 1 aromatic carbocycles. The Morgan fingerprint density at radius 2 is 2.05 bits per heavy atom. The number of thiazole rings is 1. The van der Waals surface area contributed by atoms with E-state index in [2.05, 4.69) is 20.5 Å². The van der Waals surface area contributed by atoms with E-state index in [4.69, 9.17) is 0 Å². The Bertz CT molecular complexity index is 704. The van der Waals surface area contributed by atoms with Crippen LogP contribution in [0.25, 0.3) is 11.0 Å². The Morgan fingerprint density at radius 3 is 2.62 bits per heavy atom. The topological polar surface area (TPSA) is 72.7 Å². The molecule has 0 saturated heterocycles. The Labute approximate surface area is 125 Å². The summed E-state index contributed by atoms with van der Waals surface area (Å²) in [6.45, 7) is 2.13. The van der Waals surface area contributed by atoms with Crippen LogP contribution in [0.1, 0.15) is 24.4 Å². The maximum absolute atomic E-state index is 12.1. The van der Waals surface area contributed by atoms with Gasteiger partial charge in [0, 0.05) is 11.6 Å². The number of hydrogen-bond acceptors (Lipinski definition) is 5. The predicted octanol–water partition coefficient (Wildman–Crippen LogP) is 2.16. The van der Waals surface area contributed by atoms with Gasteiger partial charge in [-0.3, -0.25) is 4.79 Å². The van der Waals surface area contributed by atoms with Crippen LogP contribution in [0.3, 0.4) is 0 Å². The summed E-state index contributed by atoms with van der Waals surface area (Å²) in [7, 11) is 0. The number of hydrogen-bond donors (Lipinski definition) is 1. The van der Waals surface area contributed by atoms with Crippen molar-refractivity contribution in [1.29, 1.82) is 0 Å². The number of carbonyl (C=O) groups excluding carboxylic acids is 1. The third kappa shape index (κ3) is 3.08. The molecule has 6 nitrogen and oxygen atoms in total. The zero-order valence-corrected chi connectivity index (χ0v) is 12.4. The lowest BCUT2D eigenvalue weighted by Gasteiger charge is -2.13. The van der Waals surface area contributed by atoms with Crippen molar-refractivity contribution in [1.82, 2.24) is 25.3 Å². The van der Waals surface area contributed by atoms with Crippen LogP contribution in [0.2, 0.25) is 0 Å². The molecule has 0 saturated carbocycles. The summed E-state index contributed by atoms with van der Waals surface area (Å²) in [6, 6.07) is 7.50. The van der Waals surface area contributed by atoms with Crippen molar-refractivity contribution in [2.45, 2.75) is 25.9 Å². The van der Waals surface area contributed by atoms with Crippen molar-refractivity contribution in [2.24, 2.45) is 0 Å². The minimum absolute atomic E-state index is 0.0533. The Morgan fingerprint density at radius 1 is 1.33 bits per heavy atom. The van der Waals surface area contributed by atoms with Gasteiger partial charge in [0.25, 0.3) is 0 Å². The third-order valence-corrected chi connectivity index (χ3v) is 4.00. The van der Waals surface area contributed by atoms with Crippen molar-refractivity contribution in [3.63, 3.8) is 0 Å². The molecule has 1 amide bonds. The van der Waals surface area contributed by atoms with E-state index < -0.39 is 0 Å². The molecule has 1 unspecified atom stereocenters. The molecular formula is C14H15N5OS. The summed E-state index contributed by atoms with van der Waals surface area (Å²) in [5.74, 6) is -0.114. The van der Waals surface area contributed by atoms with Crippen LogP contribution in [-0.2, 0) is 11.3 Å². The third-order valence-electron chi connectivity index (χ3n) is 3.11. The van der Waals surface area contributed by atoms with Gasteiger partial charge in [-0.15, -0.1) is 11.3 Å². The van der Waals surface area contributed by atoms with Crippen LogP contribution in [-0.4, -0.2) is 25.9 Å². The van der Waals surface area contributed by atoms with Gasteiger partial charge in [0.15, 0.2) is 0 Å². The van der Waals surface area contributed by atoms with E-state index in [-0.39, 0.29) is 18.5 Å². The Balaban J connectivity index is 1.68. The van der Waals surface area contributed by atoms with Gasteiger partial charge in [0.1, 0.15) is 22.6 Å². The molecule has 1 N–H and O–H groups in total. The first-order chi connectivity index (χ1) is 10.3. The van der Waals surface area contributed by atoms with Gasteiger partial charge in [0.2, 0.25) is 5.91 Å². The molecule has 0 fully saturated rings. The maximum atomic E-state index is 12.1. The molecule has 0 radical (unpaired) electrons. The van der Waals surface area contributed by atoms with Crippen LogP contribution in [0.5, 0.6) is 0 Å². The molecule has 2 heterocycles. The average Bonchev–Trinajstić information content (AvgIpc) is 3.13. The summed E-state index contributed by atoms with van der Waals surface area (Å²) >= 11 is 1.54. The number of amides is 1. The van der Waals surface area contributed by atoms with E-state index in [1.165, 1.54) is 4.80 Å². The van der Waals surface area contributed by atoms with E-state index >= 15 is 0 Å². The number of carbonyl (C=O) groups is 1. The molecule has 108 valence electrons. The summed E-state index contributed by atoms with van der Waals surface area (Å²) in [6.07, 6.45) is 2.55. The molecule has 0 aliphatic carbocycles. The molecule has 0 aliphatic rings. The summed E-state index contributed by atoms with van der Waals surface area (Å²) in [5, 5.41) is 14.4. The van der Waals surface area contributed by atoms with Crippen LogP contribution in [0.4, 0.5) is 0 Å². The fraction of sp³-hybridized carbons (Fsp3) is 0.286. The van der Waals surface area contributed by atoms with E-state index in [1.54, 1.807) is 17.5 Å². The lowest BCUT2D eigenvalue weighted by atomic mass is 10.2. The largest absolute Gasteiger partial charge is 0.345 e. The monoisotopic (exact) mass is 301 g/mol. The van der Waals surface area contributed by atoms with Gasteiger partial charge < -0.3 is 5.32 Å². The van der Waals surface area contributed by atoms with Crippen molar-refractivity contribution < 1.29 is 4.79 Å². The van der Waals surface area contributed by atoms with Crippen LogP contribution in [0.15, 0.2) is 35.8 Å². The number of fused-ring (bicyclic) bond motifs is 1. The predicted molar refractivity (Wildman–Crippen MR) is 80.8 cm³/mol. The van der Waals surface area contributed by atoms with Gasteiger partial charge in [-0.25, -0.2) is 4.98 Å². The van der Waals surface area contributed by atoms with Crippen LogP contribution in [0, 0.1) is 0 Å². The highest BCUT2D eigenvalue weighted by atomic mass is 32.1. The molecule has 2 aromatic heterocycles. The second-order valence-electron chi connectivity index (χ2n) is 4.62. The number of aromatic nitrogens is 4. The number of nitrogens with zero attached hydrogens (tertiary/aromatic N) is 4. The molecule has 7 heteroatoms. The van der Waals surface area contributed by atoms with Gasteiger partial charge >= 0.3 is 0 Å². The maximum Gasteiger partial charge on any atom is 0.244 e. The number of benzene rings is 1. The van der Waals surface area contributed by atoms with Crippen molar-refractivity contribution in [3.8, 4) is 0 Å². The normalized spacial score (nSPS) is 12.4. The molecule has 1 atom stereocenters. The van der Waals surface area contributed by atoms with Gasteiger partial charge in [-0.1, -0.05) is 19.1 Å². The quantitative estimate of drug-likeness (QED) is 0.783. The first-order valence-electron chi connectivity index (χ1n) is 6.75. The molecule has 3 aromatic rings.